The van der Waals surface area contributed by atoms with Crippen LogP contribution >= 0.6 is 0 Å². The minimum absolute atomic E-state index is 0.147. The average molecular weight is 340 g/mol. The van der Waals surface area contributed by atoms with Crippen LogP contribution in [-0.2, 0) is 17.9 Å². The fourth-order valence-electron chi connectivity index (χ4n) is 3.67. The fourth-order valence-corrected chi connectivity index (χ4v) is 3.67. The normalized spacial score (nSPS) is 20.0. The molecule has 0 saturated heterocycles. The second-order valence-electron chi connectivity index (χ2n) is 6.91. The van der Waals surface area contributed by atoms with Crippen molar-refractivity contribution >= 4 is 5.91 Å². The SMILES string of the molecule is CCn1ncc2c1CN(C(=O)C1CCC1)C[C@H]2COc1cccnc1. The van der Waals surface area contributed by atoms with E-state index >= 15 is 0 Å². The molecule has 0 N–H and O–H groups in total. The number of fused-ring (bicyclic) bond motifs is 1. The molecule has 25 heavy (non-hydrogen) atoms. The lowest BCUT2D eigenvalue weighted by atomic mass is 9.83. The molecular weight excluding hydrogens is 316 g/mol. The molecule has 1 fully saturated rings. The first-order chi connectivity index (χ1) is 12.3. The Kier molecular flexibility index (Phi) is 4.42. The fraction of sp³-hybridized carbons (Fsp3) is 0.526. The number of hydrogen-bond acceptors (Lipinski definition) is 4. The van der Waals surface area contributed by atoms with Gasteiger partial charge in [-0.3, -0.25) is 14.5 Å². The van der Waals surface area contributed by atoms with E-state index in [1.165, 1.54) is 12.0 Å². The van der Waals surface area contributed by atoms with Crippen LogP contribution in [0.25, 0.3) is 0 Å². The number of ether oxygens (including phenoxy) is 1. The molecule has 2 aliphatic rings. The van der Waals surface area contributed by atoms with Gasteiger partial charge in [0.15, 0.2) is 0 Å². The Labute approximate surface area is 147 Å². The number of pyridine rings is 1. The number of carbonyl (C=O) groups excluding carboxylic acids is 1. The molecule has 132 valence electrons. The maximum atomic E-state index is 12.8. The van der Waals surface area contributed by atoms with Crippen LogP contribution in [0, 0.1) is 5.92 Å². The number of amides is 1. The minimum Gasteiger partial charge on any atom is -0.491 e. The Morgan fingerprint density at radius 1 is 1.36 bits per heavy atom. The molecule has 1 amide bonds. The molecule has 1 atom stereocenters. The Bertz CT molecular complexity index is 739. The van der Waals surface area contributed by atoms with Crippen molar-refractivity contribution in [1.82, 2.24) is 19.7 Å². The molecule has 4 rings (SSSR count). The molecule has 1 saturated carbocycles. The zero-order chi connectivity index (χ0) is 17.2. The molecule has 0 aromatic carbocycles. The van der Waals surface area contributed by atoms with E-state index in [1.807, 2.05) is 27.9 Å². The lowest BCUT2D eigenvalue weighted by Crippen LogP contribution is -2.44. The highest BCUT2D eigenvalue weighted by atomic mass is 16.5. The van der Waals surface area contributed by atoms with Gasteiger partial charge in [-0.2, -0.15) is 5.10 Å². The van der Waals surface area contributed by atoms with Crippen LogP contribution in [0.15, 0.2) is 30.7 Å². The van der Waals surface area contributed by atoms with Gasteiger partial charge in [-0.05, 0) is 31.9 Å². The number of carbonyl (C=O) groups is 1. The van der Waals surface area contributed by atoms with E-state index < -0.39 is 0 Å². The molecular formula is C19H24N4O2. The first-order valence-electron chi connectivity index (χ1n) is 9.12. The first-order valence-corrected chi connectivity index (χ1v) is 9.12. The highest BCUT2D eigenvalue weighted by Crippen LogP contribution is 2.34. The summed E-state index contributed by atoms with van der Waals surface area (Å²) in [6.07, 6.45) is 8.64. The minimum atomic E-state index is 0.147. The van der Waals surface area contributed by atoms with Gasteiger partial charge in [-0.15, -0.1) is 0 Å². The predicted molar refractivity (Wildman–Crippen MR) is 93.1 cm³/mol. The van der Waals surface area contributed by atoms with E-state index in [4.69, 9.17) is 4.74 Å². The molecule has 6 heteroatoms. The third kappa shape index (κ3) is 3.13. The van der Waals surface area contributed by atoms with Crippen LogP contribution in [0.2, 0.25) is 0 Å². The van der Waals surface area contributed by atoms with Crippen molar-refractivity contribution in [3.8, 4) is 5.75 Å². The summed E-state index contributed by atoms with van der Waals surface area (Å²) in [7, 11) is 0. The molecule has 2 aromatic rings. The second-order valence-corrected chi connectivity index (χ2v) is 6.91. The van der Waals surface area contributed by atoms with Crippen molar-refractivity contribution in [1.29, 1.82) is 0 Å². The number of nitrogens with zero attached hydrogens (tertiary/aromatic N) is 4. The number of rotatable bonds is 5. The van der Waals surface area contributed by atoms with Crippen LogP contribution in [0.1, 0.15) is 43.4 Å². The van der Waals surface area contributed by atoms with Gasteiger partial charge in [0.1, 0.15) is 5.75 Å². The van der Waals surface area contributed by atoms with Gasteiger partial charge < -0.3 is 9.64 Å². The van der Waals surface area contributed by atoms with Crippen LogP contribution < -0.4 is 4.74 Å². The molecule has 0 radical (unpaired) electrons. The topological polar surface area (TPSA) is 60.2 Å². The van der Waals surface area contributed by atoms with Gasteiger partial charge in [-0.1, -0.05) is 6.42 Å². The quantitative estimate of drug-likeness (QED) is 0.839. The summed E-state index contributed by atoms with van der Waals surface area (Å²) in [5, 5.41) is 4.51. The van der Waals surface area contributed by atoms with Gasteiger partial charge in [0.25, 0.3) is 0 Å². The van der Waals surface area contributed by atoms with E-state index in [9.17, 15) is 4.79 Å². The average Bonchev–Trinajstić information content (AvgIpc) is 3.02. The van der Waals surface area contributed by atoms with Gasteiger partial charge in [0, 0.05) is 36.7 Å². The van der Waals surface area contributed by atoms with Crippen molar-refractivity contribution in [3.63, 3.8) is 0 Å². The van der Waals surface area contributed by atoms with Crippen LogP contribution in [0.5, 0.6) is 5.75 Å². The van der Waals surface area contributed by atoms with Gasteiger partial charge in [0.05, 0.1) is 31.2 Å². The Morgan fingerprint density at radius 3 is 2.92 bits per heavy atom. The van der Waals surface area contributed by atoms with Gasteiger partial charge in [-0.25, -0.2) is 0 Å². The van der Waals surface area contributed by atoms with E-state index in [0.717, 1.165) is 30.8 Å². The third-order valence-electron chi connectivity index (χ3n) is 5.35. The van der Waals surface area contributed by atoms with Gasteiger partial charge >= 0.3 is 0 Å². The van der Waals surface area contributed by atoms with Crippen LogP contribution in [-0.4, -0.2) is 38.7 Å². The summed E-state index contributed by atoms with van der Waals surface area (Å²) >= 11 is 0. The molecule has 3 heterocycles. The number of aromatic nitrogens is 3. The molecule has 1 aliphatic heterocycles. The summed E-state index contributed by atoms with van der Waals surface area (Å²) < 4.78 is 7.94. The Hall–Kier alpha value is -2.37. The molecule has 6 nitrogen and oxygen atoms in total. The maximum Gasteiger partial charge on any atom is 0.226 e. The largest absolute Gasteiger partial charge is 0.491 e. The van der Waals surface area contributed by atoms with Crippen molar-refractivity contribution in [2.45, 2.75) is 45.2 Å². The summed E-state index contributed by atoms with van der Waals surface area (Å²) in [6, 6.07) is 3.77. The monoisotopic (exact) mass is 340 g/mol. The lowest BCUT2D eigenvalue weighted by molar-refractivity contribution is -0.139. The van der Waals surface area contributed by atoms with E-state index in [1.54, 1.807) is 12.4 Å². The summed E-state index contributed by atoms with van der Waals surface area (Å²) in [5.74, 6) is 1.43. The maximum absolute atomic E-state index is 12.8. The Morgan fingerprint density at radius 2 is 2.24 bits per heavy atom. The van der Waals surface area contributed by atoms with Crippen LogP contribution in [0.3, 0.4) is 0 Å². The Balaban J connectivity index is 1.54. The van der Waals surface area contributed by atoms with Crippen molar-refractivity contribution < 1.29 is 9.53 Å². The van der Waals surface area contributed by atoms with Crippen molar-refractivity contribution in [2.24, 2.45) is 5.92 Å². The number of hydrogen-bond donors (Lipinski definition) is 0. The zero-order valence-electron chi connectivity index (χ0n) is 14.6. The van der Waals surface area contributed by atoms with E-state index in [-0.39, 0.29) is 11.8 Å². The number of aryl methyl sites for hydroxylation is 1. The van der Waals surface area contributed by atoms with E-state index in [2.05, 4.69) is 17.0 Å². The highest BCUT2D eigenvalue weighted by Gasteiger charge is 2.36. The summed E-state index contributed by atoms with van der Waals surface area (Å²) in [6.45, 7) is 4.81. The molecule has 0 bridgehead atoms. The van der Waals surface area contributed by atoms with E-state index in [0.29, 0.717) is 25.6 Å². The van der Waals surface area contributed by atoms with Crippen LogP contribution in [0.4, 0.5) is 0 Å². The smallest absolute Gasteiger partial charge is 0.226 e. The molecule has 0 spiro atoms. The molecule has 0 unspecified atom stereocenters. The third-order valence-corrected chi connectivity index (χ3v) is 5.35. The molecule has 1 aliphatic carbocycles. The second kappa shape index (κ2) is 6.86. The standard InChI is InChI=1S/C19H24N4O2/c1-2-23-18-12-22(19(24)14-5-3-6-14)11-15(17(18)10-21-23)13-25-16-7-4-8-20-9-16/h4,7-10,14-15H,2-3,5-6,11-13H2,1H3/t15-/m0/s1. The van der Waals surface area contributed by atoms with Crippen molar-refractivity contribution in [2.75, 3.05) is 13.2 Å². The zero-order valence-corrected chi connectivity index (χ0v) is 14.6. The predicted octanol–water partition coefficient (Wildman–Crippen LogP) is 2.60. The lowest BCUT2D eigenvalue weighted by Gasteiger charge is -2.37. The first kappa shape index (κ1) is 16.1. The summed E-state index contributed by atoms with van der Waals surface area (Å²) in [4.78, 5) is 18.9. The van der Waals surface area contributed by atoms with Crippen molar-refractivity contribution in [3.05, 3.63) is 42.0 Å². The van der Waals surface area contributed by atoms with Gasteiger partial charge in [0.2, 0.25) is 5.91 Å². The highest BCUT2D eigenvalue weighted by molar-refractivity contribution is 5.80. The summed E-state index contributed by atoms with van der Waals surface area (Å²) in [5.41, 5.74) is 2.37. The molecule has 2 aromatic heterocycles.